The average molecular weight is 354 g/mol. The molecule has 0 saturated heterocycles. The molecule has 2 aromatic carbocycles. The van der Waals surface area contributed by atoms with Crippen LogP contribution in [0.4, 0.5) is 0 Å². The van der Waals surface area contributed by atoms with Crippen LogP contribution in [-0.2, 0) is 6.54 Å². The second kappa shape index (κ2) is 7.77. The first-order valence-electron chi connectivity index (χ1n) is 8.67. The quantitative estimate of drug-likeness (QED) is 0.559. The van der Waals surface area contributed by atoms with Gasteiger partial charge >= 0.3 is 0 Å². The van der Waals surface area contributed by atoms with Gasteiger partial charge in [-0.1, -0.05) is 54.3 Å². The standard InChI is InChI=1S/C23H18N2O2/c26-13-4-5-18-8-10-21(11-9-18)23-22(20-6-2-1-3-7-20)24-17-25(23)15-19-12-14-27-16-19/h1-3,6-12,14,16-17,26H,13,15H2. The van der Waals surface area contributed by atoms with Crippen molar-refractivity contribution in [1.29, 1.82) is 0 Å². The maximum atomic E-state index is 8.86. The Hall–Kier alpha value is -3.55. The van der Waals surface area contributed by atoms with Gasteiger partial charge in [-0.05, 0) is 18.2 Å². The largest absolute Gasteiger partial charge is 0.472 e. The third kappa shape index (κ3) is 3.69. The van der Waals surface area contributed by atoms with Gasteiger partial charge in [-0.3, -0.25) is 0 Å². The maximum Gasteiger partial charge on any atom is 0.104 e. The van der Waals surface area contributed by atoms with Gasteiger partial charge in [-0.25, -0.2) is 4.98 Å². The third-order valence-electron chi connectivity index (χ3n) is 4.29. The molecule has 0 aliphatic carbocycles. The van der Waals surface area contributed by atoms with Crippen LogP contribution in [0.15, 0.2) is 83.9 Å². The van der Waals surface area contributed by atoms with E-state index in [2.05, 4.69) is 33.5 Å². The molecule has 0 atom stereocenters. The van der Waals surface area contributed by atoms with E-state index in [1.807, 2.05) is 54.9 Å². The van der Waals surface area contributed by atoms with Crippen LogP contribution in [0, 0.1) is 11.8 Å². The molecule has 0 radical (unpaired) electrons. The van der Waals surface area contributed by atoms with Gasteiger partial charge < -0.3 is 14.1 Å². The fourth-order valence-corrected chi connectivity index (χ4v) is 3.04. The van der Waals surface area contributed by atoms with Crippen LogP contribution in [0.25, 0.3) is 22.5 Å². The molecule has 1 N–H and O–H groups in total. The maximum absolute atomic E-state index is 8.86. The molecule has 27 heavy (non-hydrogen) atoms. The van der Waals surface area contributed by atoms with E-state index in [-0.39, 0.29) is 6.61 Å². The molecule has 0 fully saturated rings. The Morgan fingerprint density at radius 2 is 1.78 bits per heavy atom. The summed E-state index contributed by atoms with van der Waals surface area (Å²) in [6.07, 6.45) is 5.29. The summed E-state index contributed by atoms with van der Waals surface area (Å²) in [5.74, 6) is 5.60. The summed E-state index contributed by atoms with van der Waals surface area (Å²) in [6, 6.07) is 20.1. The van der Waals surface area contributed by atoms with Gasteiger partial charge in [0.15, 0.2) is 0 Å². The second-order valence-electron chi connectivity index (χ2n) is 6.10. The molecule has 132 valence electrons. The highest BCUT2D eigenvalue weighted by Gasteiger charge is 2.15. The Balaban J connectivity index is 1.79. The highest BCUT2D eigenvalue weighted by atomic mass is 16.3. The minimum Gasteiger partial charge on any atom is -0.472 e. The van der Waals surface area contributed by atoms with E-state index in [0.29, 0.717) is 6.54 Å². The van der Waals surface area contributed by atoms with Crippen LogP contribution in [0.3, 0.4) is 0 Å². The van der Waals surface area contributed by atoms with Gasteiger partial charge in [-0.15, -0.1) is 0 Å². The fraction of sp³-hybridized carbons (Fsp3) is 0.0870. The number of aliphatic hydroxyl groups excluding tert-OH is 1. The number of aromatic nitrogens is 2. The summed E-state index contributed by atoms with van der Waals surface area (Å²) < 4.78 is 7.33. The Morgan fingerprint density at radius 1 is 0.963 bits per heavy atom. The topological polar surface area (TPSA) is 51.2 Å². The first-order valence-corrected chi connectivity index (χ1v) is 8.67. The molecule has 4 heteroatoms. The van der Waals surface area contributed by atoms with E-state index < -0.39 is 0 Å². The Bertz CT molecular complexity index is 1070. The zero-order chi connectivity index (χ0) is 18.5. The lowest BCUT2D eigenvalue weighted by molar-refractivity contribution is 0.350. The monoisotopic (exact) mass is 354 g/mol. The van der Waals surface area contributed by atoms with Crippen molar-refractivity contribution in [2.45, 2.75) is 6.54 Å². The lowest BCUT2D eigenvalue weighted by atomic mass is 10.0. The van der Waals surface area contributed by atoms with E-state index >= 15 is 0 Å². The van der Waals surface area contributed by atoms with Crippen molar-refractivity contribution in [3.8, 4) is 34.4 Å². The molecule has 0 saturated carbocycles. The van der Waals surface area contributed by atoms with Crippen molar-refractivity contribution in [3.05, 3.63) is 90.6 Å². The minimum atomic E-state index is -0.141. The molecule has 0 aliphatic rings. The van der Waals surface area contributed by atoms with Crippen molar-refractivity contribution in [3.63, 3.8) is 0 Å². The van der Waals surface area contributed by atoms with Gasteiger partial charge in [-0.2, -0.15) is 0 Å². The molecule has 2 aromatic heterocycles. The Labute approximate surface area is 157 Å². The van der Waals surface area contributed by atoms with Crippen LogP contribution in [0.1, 0.15) is 11.1 Å². The summed E-state index contributed by atoms with van der Waals surface area (Å²) in [4.78, 5) is 4.69. The van der Waals surface area contributed by atoms with E-state index in [1.54, 1.807) is 12.5 Å². The summed E-state index contributed by atoms with van der Waals surface area (Å²) in [5.41, 5.74) is 6.07. The normalized spacial score (nSPS) is 10.4. The smallest absolute Gasteiger partial charge is 0.104 e. The summed E-state index contributed by atoms with van der Waals surface area (Å²) in [6.45, 7) is 0.537. The van der Waals surface area contributed by atoms with Gasteiger partial charge in [0, 0.05) is 22.3 Å². The molecule has 2 heterocycles. The predicted molar refractivity (Wildman–Crippen MR) is 105 cm³/mol. The molecular formula is C23H18N2O2. The van der Waals surface area contributed by atoms with Crippen molar-refractivity contribution in [2.24, 2.45) is 0 Å². The van der Waals surface area contributed by atoms with Crippen molar-refractivity contribution in [1.82, 2.24) is 9.55 Å². The zero-order valence-corrected chi connectivity index (χ0v) is 14.7. The molecule has 0 aliphatic heterocycles. The van der Waals surface area contributed by atoms with Crippen LogP contribution >= 0.6 is 0 Å². The van der Waals surface area contributed by atoms with E-state index in [9.17, 15) is 0 Å². The Morgan fingerprint density at radius 3 is 2.48 bits per heavy atom. The lowest BCUT2D eigenvalue weighted by Crippen LogP contribution is -2.00. The molecule has 0 amide bonds. The number of imidazole rings is 1. The van der Waals surface area contributed by atoms with Crippen LogP contribution in [-0.4, -0.2) is 21.3 Å². The number of hydrogen-bond acceptors (Lipinski definition) is 3. The molecule has 4 aromatic rings. The zero-order valence-electron chi connectivity index (χ0n) is 14.7. The van der Waals surface area contributed by atoms with Gasteiger partial charge in [0.05, 0.1) is 36.8 Å². The highest BCUT2D eigenvalue weighted by Crippen LogP contribution is 2.31. The van der Waals surface area contributed by atoms with Crippen molar-refractivity contribution >= 4 is 0 Å². The molecule has 0 spiro atoms. The summed E-state index contributed by atoms with van der Waals surface area (Å²) in [5, 5.41) is 8.86. The molecule has 0 unspecified atom stereocenters. The van der Waals surface area contributed by atoms with Crippen LogP contribution in [0.2, 0.25) is 0 Å². The highest BCUT2D eigenvalue weighted by molar-refractivity contribution is 5.79. The van der Waals surface area contributed by atoms with Crippen LogP contribution in [0.5, 0.6) is 0 Å². The number of furan rings is 1. The fourth-order valence-electron chi connectivity index (χ4n) is 3.04. The molecule has 0 bridgehead atoms. The number of rotatable bonds is 4. The average Bonchev–Trinajstić information content (AvgIpc) is 3.38. The van der Waals surface area contributed by atoms with Gasteiger partial charge in [0.25, 0.3) is 0 Å². The van der Waals surface area contributed by atoms with E-state index in [1.165, 1.54) is 0 Å². The van der Waals surface area contributed by atoms with Gasteiger partial charge in [0.2, 0.25) is 0 Å². The van der Waals surface area contributed by atoms with E-state index in [4.69, 9.17) is 9.52 Å². The molecule has 4 rings (SSSR count). The van der Waals surface area contributed by atoms with Crippen LogP contribution < -0.4 is 0 Å². The molecule has 4 nitrogen and oxygen atoms in total. The lowest BCUT2D eigenvalue weighted by Gasteiger charge is -2.10. The number of aliphatic hydroxyl groups is 1. The number of hydrogen-bond donors (Lipinski definition) is 1. The first-order chi connectivity index (χ1) is 13.3. The first kappa shape index (κ1) is 16.9. The third-order valence-corrected chi connectivity index (χ3v) is 4.29. The van der Waals surface area contributed by atoms with Crippen molar-refractivity contribution < 1.29 is 9.52 Å². The Kier molecular flexibility index (Phi) is 4.86. The predicted octanol–water partition coefficient (Wildman–Crippen LogP) is 4.20. The number of benzene rings is 2. The number of nitrogens with zero attached hydrogens (tertiary/aromatic N) is 2. The second-order valence-corrected chi connectivity index (χ2v) is 6.10. The summed E-state index contributed by atoms with van der Waals surface area (Å²) >= 11 is 0. The summed E-state index contributed by atoms with van der Waals surface area (Å²) in [7, 11) is 0. The van der Waals surface area contributed by atoms with Gasteiger partial charge in [0.1, 0.15) is 6.61 Å². The molecular weight excluding hydrogens is 336 g/mol. The van der Waals surface area contributed by atoms with Crippen molar-refractivity contribution in [2.75, 3.05) is 6.61 Å². The minimum absolute atomic E-state index is 0.141. The van der Waals surface area contributed by atoms with E-state index in [0.717, 1.165) is 33.6 Å². The SMILES string of the molecule is OCC#Cc1ccc(-c2c(-c3ccccc3)ncn2Cc2ccoc2)cc1.